The largest absolute Gasteiger partial charge is 0.478 e. The quantitative estimate of drug-likeness (QED) is 0.851. The highest BCUT2D eigenvalue weighted by Gasteiger charge is 2.26. The van der Waals surface area contributed by atoms with Crippen LogP contribution in [0.1, 0.15) is 30.0 Å². The molecular weight excluding hydrogens is 242 g/mol. The molecule has 1 aliphatic rings. The predicted molar refractivity (Wildman–Crippen MR) is 70.0 cm³/mol. The molecule has 0 unspecified atom stereocenters. The number of hydrogen-bond acceptors (Lipinski definition) is 3. The number of aromatic nitrogens is 3. The lowest BCUT2D eigenvalue weighted by atomic mass is 10.2. The van der Waals surface area contributed by atoms with Crippen molar-refractivity contribution in [2.24, 2.45) is 0 Å². The first-order valence-electron chi connectivity index (χ1n) is 6.16. The van der Waals surface area contributed by atoms with Gasteiger partial charge in [-0.3, -0.25) is 0 Å². The number of hydrogen-bond donors (Lipinski definition) is 1. The number of rotatable bonds is 4. The van der Waals surface area contributed by atoms with E-state index in [9.17, 15) is 4.79 Å². The molecule has 5 heteroatoms. The van der Waals surface area contributed by atoms with Crippen molar-refractivity contribution in [3.8, 4) is 5.82 Å². The van der Waals surface area contributed by atoms with Crippen LogP contribution in [0.25, 0.3) is 11.9 Å². The van der Waals surface area contributed by atoms with Crippen molar-refractivity contribution < 1.29 is 9.90 Å². The Morgan fingerprint density at radius 1 is 1.42 bits per heavy atom. The summed E-state index contributed by atoms with van der Waals surface area (Å²) < 4.78 is 1.70. The summed E-state index contributed by atoms with van der Waals surface area (Å²) >= 11 is 0. The molecule has 0 bridgehead atoms. The van der Waals surface area contributed by atoms with Gasteiger partial charge in [-0.05, 0) is 37.1 Å². The Morgan fingerprint density at radius 3 is 3.00 bits per heavy atom. The van der Waals surface area contributed by atoms with E-state index in [1.807, 2.05) is 18.3 Å². The van der Waals surface area contributed by atoms with E-state index in [2.05, 4.69) is 10.1 Å². The van der Waals surface area contributed by atoms with Gasteiger partial charge in [0.25, 0.3) is 0 Å². The highest BCUT2D eigenvalue weighted by atomic mass is 16.4. The van der Waals surface area contributed by atoms with Crippen LogP contribution in [0.2, 0.25) is 0 Å². The maximum atomic E-state index is 10.6. The molecule has 1 fully saturated rings. The summed E-state index contributed by atoms with van der Waals surface area (Å²) in [5.74, 6) is 0.254. The van der Waals surface area contributed by atoms with Crippen LogP contribution in [-0.4, -0.2) is 25.8 Å². The molecule has 0 radical (unpaired) electrons. The molecule has 1 N–H and O–H groups in total. The van der Waals surface area contributed by atoms with Crippen molar-refractivity contribution in [3.63, 3.8) is 0 Å². The first kappa shape index (κ1) is 11.6. The topological polar surface area (TPSA) is 68.0 Å². The van der Waals surface area contributed by atoms with Gasteiger partial charge in [-0.2, -0.15) is 5.10 Å². The maximum Gasteiger partial charge on any atom is 0.328 e. The van der Waals surface area contributed by atoms with Crippen molar-refractivity contribution in [2.45, 2.75) is 18.8 Å². The lowest BCUT2D eigenvalue weighted by molar-refractivity contribution is -0.131. The van der Waals surface area contributed by atoms with Crippen molar-refractivity contribution >= 4 is 12.0 Å². The van der Waals surface area contributed by atoms with Gasteiger partial charge in [0.15, 0.2) is 5.82 Å². The van der Waals surface area contributed by atoms with E-state index in [1.54, 1.807) is 16.9 Å². The molecule has 5 nitrogen and oxygen atoms in total. The Morgan fingerprint density at radius 2 is 2.26 bits per heavy atom. The predicted octanol–water partition coefficient (Wildman–Crippen LogP) is 2.24. The SMILES string of the molecule is O=C(O)/C=C/c1cccnc1-n1ccc(C2CC2)n1. The van der Waals surface area contributed by atoms with Gasteiger partial charge in [-0.1, -0.05) is 0 Å². The van der Waals surface area contributed by atoms with Gasteiger partial charge in [0, 0.05) is 30.0 Å². The molecule has 2 heterocycles. The van der Waals surface area contributed by atoms with Crippen LogP contribution in [-0.2, 0) is 4.79 Å². The number of pyridine rings is 1. The zero-order chi connectivity index (χ0) is 13.2. The minimum atomic E-state index is -0.978. The third kappa shape index (κ3) is 2.54. The van der Waals surface area contributed by atoms with Crippen LogP contribution < -0.4 is 0 Å². The summed E-state index contributed by atoms with van der Waals surface area (Å²) in [4.78, 5) is 14.9. The Hall–Kier alpha value is -2.43. The van der Waals surface area contributed by atoms with Crippen LogP contribution in [0.4, 0.5) is 0 Å². The molecule has 96 valence electrons. The maximum absolute atomic E-state index is 10.6. The molecule has 2 aromatic heterocycles. The summed E-state index contributed by atoms with van der Waals surface area (Å²) in [5.41, 5.74) is 1.81. The second kappa shape index (κ2) is 4.68. The highest BCUT2D eigenvalue weighted by Crippen LogP contribution is 2.39. The Kier molecular flexibility index (Phi) is 2.87. The van der Waals surface area contributed by atoms with E-state index in [4.69, 9.17) is 5.11 Å². The summed E-state index contributed by atoms with van der Waals surface area (Å²) in [6.45, 7) is 0. The summed E-state index contributed by atoms with van der Waals surface area (Å²) in [5, 5.41) is 13.2. The lowest BCUT2D eigenvalue weighted by Crippen LogP contribution is -2.01. The molecule has 1 saturated carbocycles. The normalized spacial score (nSPS) is 14.9. The highest BCUT2D eigenvalue weighted by molar-refractivity contribution is 5.85. The van der Waals surface area contributed by atoms with Crippen LogP contribution >= 0.6 is 0 Å². The second-order valence-corrected chi connectivity index (χ2v) is 4.55. The molecule has 0 atom stereocenters. The Balaban J connectivity index is 1.96. The van der Waals surface area contributed by atoms with Gasteiger partial charge in [0.2, 0.25) is 0 Å². The molecule has 0 amide bonds. The standard InChI is InChI=1S/C14H13N3O2/c18-13(19)6-5-11-2-1-8-15-14(11)17-9-7-12(16-17)10-3-4-10/h1-2,5-10H,3-4H2,(H,18,19)/b6-5+. The first-order valence-corrected chi connectivity index (χ1v) is 6.16. The van der Waals surface area contributed by atoms with E-state index >= 15 is 0 Å². The molecule has 0 spiro atoms. The number of carboxylic acids is 1. The second-order valence-electron chi connectivity index (χ2n) is 4.55. The Bertz CT molecular complexity index is 642. The van der Waals surface area contributed by atoms with Crippen molar-refractivity contribution in [3.05, 3.63) is 47.9 Å². The van der Waals surface area contributed by atoms with E-state index in [0.29, 0.717) is 11.7 Å². The fourth-order valence-electron chi connectivity index (χ4n) is 1.94. The summed E-state index contributed by atoms with van der Waals surface area (Å²) in [6, 6.07) is 5.59. The van der Waals surface area contributed by atoms with Gasteiger partial charge in [0.05, 0.1) is 5.69 Å². The lowest BCUT2D eigenvalue weighted by Gasteiger charge is -2.04. The fraction of sp³-hybridized carbons (Fsp3) is 0.214. The minimum Gasteiger partial charge on any atom is -0.478 e. The van der Waals surface area contributed by atoms with Crippen LogP contribution in [0.5, 0.6) is 0 Å². The minimum absolute atomic E-state index is 0.586. The molecule has 0 aliphatic heterocycles. The van der Waals surface area contributed by atoms with E-state index < -0.39 is 5.97 Å². The van der Waals surface area contributed by atoms with Crippen LogP contribution in [0, 0.1) is 0 Å². The van der Waals surface area contributed by atoms with Crippen LogP contribution in [0.3, 0.4) is 0 Å². The molecule has 0 saturated heterocycles. The fourth-order valence-corrected chi connectivity index (χ4v) is 1.94. The van der Waals surface area contributed by atoms with Crippen molar-refractivity contribution in [1.82, 2.24) is 14.8 Å². The molecule has 3 rings (SSSR count). The zero-order valence-electron chi connectivity index (χ0n) is 10.2. The average Bonchev–Trinajstić information content (AvgIpc) is 3.15. The molecule has 19 heavy (non-hydrogen) atoms. The number of aliphatic carboxylic acids is 1. The van der Waals surface area contributed by atoms with Crippen molar-refractivity contribution in [1.29, 1.82) is 0 Å². The van der Waals surface area contributed by atoms with Crippen LogP contribution in [0.15, 0.2) is 36.7 Å². The van der Waals surface area contributed by atoms with E-state index in [-0.39, 0.29) is 0 Å². The monoisotopic (exact) mass is 255 g/mol. The molecule has 1 aliphatic carbocycles. The number of carboxylic acid groups (broad SMARTS) is 1. The average molecular weight is 255 g/mol. The zero-order valence-corrected chi connectivity index (χ0v) is 10.2. The van der Waals surface area contributed by atoms with Gasteiger partial charge in [0.1, 0.15) is 0 Å². The summed E-state index contributed by atoms with van der Waals surface area (Å²) in [6.07, 6.45) is 8.57. The Labute approximate surface area is 110 Å². The molecule has 2 aromatic rings. The van der Waals surface area contributed by atoms with Gasteiger partial charge in [-0.15, -0.1) is 0 Å². The van der Waals surface area contributed by atoms with E-state index in [1.165, 1.54) is 18.9 Å². The number of nitrogens with zero attached hydrogens (tertiary/aromatic N) is 3. The van der Waals surface area contributed by atoms with E-state index in [0.717, 1.165) is 17.3 Å². The van der Waals surface area contributed by atoms with Gasteiger partial charge >= 0.3 is 5.97 Å². The first-order chi connectivity index (χ1) is 9.24. The van der Waals surface area contributed by atoms with Crippen molar-refractivity contribution in [2.75, 3.05) is 0 Å². The molecule has 0 aromatic carbocycles. The third-order valence-electron chi connectivity index (χ3n) is 3.04. The summed E-state index contributed by atoms with van der Waals surface area (Å²) in [7, 11) is 0. The smallest absolute Gasteiger partial charge is 0.328 e. The van der Waals surface area contributed by atoms with Gasteiger partial charge in [-0.25, -0.2) is 14.5 Å². The van der Waals surface area contributed by atoms with Gasteiger partial charge < -0.3 is 5.11 Å². The molecular formula is C14H13N3O2. The number of carbonyl (C=O) groups is 1. The third-order valence-corrected chi connectivity index (χ3v) is 3.04.